The number of carbonyl (C=O) groups excluding carboxylic acids is 2. The predicted molar refractivity (Wildman–Crippen MR) is 96.9 cm³/mol. The second-order valence-electron chi connectivity index (χ2n) is 6.62. The standard InChI is InChI=1S/C19H29N3O2/c1-15(22(2)17-10-4-3-5-11-17)14-21-18(23)12-13-20-19(24)16-8-6-7-9-16/h3-5,10-11,15-16H,6-9,12-14H2,1-2H3,(H,20,24)(H,21,23)/t15-/m1/s1. The number of carbonyl (C=O) groups is 2. The molecule has 0 spiro atoms. The molecule has 1 aliphatic carbocycles. The van der Waals surface area contributed by atoms with Crippen molar-refractivity contribution in [2.75, 3.05) is 25.0 Å². The van der Waals surface area contributed by atoms with Gasteiger partial charge in [0.25, 0.3) is 0 Å². The Labute approximate surface area is 144 Å². The fourth-order valence-corrected chi connectivity index (χ4v) is 3.04. The van der Waals surface area contributed by atoms with Crippen LogP contribution in [0.2, 0.25) is 0 Å². The molecule has 1 atom stereocenters. The highest BCUT2D eigenvalue weighted by molar-refractivity contribution is 5.80. The summed E-state index contributed by atoms with van der Waals surface area (Å²) in [7, 11) is 2.02. The largest absolute Gasteiger partial charge is 0.370 e. The molecular formula is C19H29N3O2. The highest BCUT2D eigenvalue weighted by atomic mass is 16.2. The van der Waals surface area contributed by atoms with Gasteiger partial charge in [0, 0.05) is 44.2 Å². The van der Waals surface area contributed by atoms with Crippen LogP contribution in [0.5, 0.6) is 0 Å². The lowest BCUT2D eigenvalue weighted by molar-refractivity contribution is -0.125. The van der Waals surface area contributed by atoms with Crippen LogP contribution in [0.1, 0.15) is 39.0 Å². The zero-order valence-electron chi connectivity index (χ0n) is 14.8. The van der Waals surface area contributed by atoms with Crippen LogP contribution in [-0.4, -0.2) is 38.0 Å². The van der Waals surface area contributed by atoms with E-state index in [0.717, 1.165) is 31.4 Å². The normalized spacial score (nSPS) is 15.8. The third-order valence-electron chi connectivity index (χ3n) is 4.80. The maximum absolute atomic E-state index is 11.9. The molecule has 1 aliphatic rings. The van der Waals surface area contributed by atoms with Crippen LogP contribution in [0.3, 0.4) is 0 Å². The lowest BCUT2D eigenvalue weighted by Gasteiger charge is -2.27. The highest BCUT2D eigenvalue weighted by Crippen LogP contribution is 2.24. The third kappa shape index (κ3) is 5.55. The fraction of sp³-hybridized carbons (Fsp3) is 0.579. The molecule has 1 aromatic rings. The number of nitrogens with zero attached hydrogens (tertiary/aromatic N) is 1. The van der Waals surface area contributed by atoms with Crippen LogP contribution in [0, 0.1) is 5.92 Å². The van der Waals surface area contributed by atoms with E-state index in [1.54, 1.807) is 0 Å². The molecule has 2 amide bonds. The molecule has 0 saturated heterocycles. The number of hydrogen-bond donors (Lipinski definition) is 2. The molecule has 1 saturated carbocycles. The molecule has 132 valence electrons. The Kier molecular flexibility index (Phi) is 7.09. The molecule has 2 rings (SSSR count). The van der Waals surface area contributed by atoms with E-state index in [0.29, 0.717) is 19.5 Å². The van der Waals surface area contributed by atoms with E-state index < -0.39 is 0 Å². The molecule has 0 aromatic heterocycles. The molecule has 0 bridgehead atoms. The van der Waals surface area contributed by atoms with Gasteiger partial charge in [0.1, 0.15) is 0 Å². The maximum atomic E-state index is 11.9. The van der Waals surface area contributed by atoms with E-state index in [4.69, 9.17) is 0 Å². The summed E-state index contributed by atoms with van der Waals surface area (Å²) in [5, 5.41) is 5.83. The number of benzene rings is 1. The summed E-state index contributed by atoms with van der Waals surface area (Å²) in [6.07, 6.45) is 4.60. The van der Waals surface area contributed by atoms with E-state index in [-0.39, 0.29) is 23.8 Å². The number of amides is 2. The highest BCUT2D eigenvalue weighted by Gasteiger charge is 2.22. The molecule has 2 N–H and O–H groups in total. The first-order valence-electron chi connectivity index (χ1n) is 8.90. The lowest BCUT2D eigenvalue weighted by Crippen LogP contribution is -2.41. The SMILES string of the molecule is C[C@H](CNC(=O)CCNC(=O)C1CCCC1)N(C)c1ccccc1. The summed E-state index contributed by atoms with van der Waals surface area (Å²) in [5.41, 5.74) is 1.13. The Hall–Kier alpha value is -2.04. The third-order valence-corrected chi connectivity index (χ3v) is 4.80. The van der Waals surface area contributed by atoms with Crippen LogP contribution < -0.4 is 15.5 Å². The molecule has 5 nitrogen and oxygen atoms in total. The van der Waals surface area contributed by atoms with Gasteiger partial charge in [-0.15, -0.1) is 0 Å². The number of nitrogens with one attached hydrogen (secondary N) is 2. The average Bonchev–Trinajstić information content (AvgIpc) is 3.14. The quantitative estimate of drug-likeness (QED) is 0.768. The van der Waals surface area contributed by atoms with Gasteiger partial charge in [-0.1, -0.05) is 31.0 Å². The van der Waals surface area contributed by atoms with Crippen molar-refractivity contribution >= 4 is 17.5 Å². The first-order valence-corrected chi connectivity index (χ1v) is 8.90. The van der Waals surface area contributed by atoms with Gasteiger partial charge < -0.3 is 15.5 Å². The summed E-state index contributed by atoms with van der Waals surface area (Å²) in [6, 6.07) is 10.3. The molecule has 1 fully saturated rings. The number of rotatable bonds is 8. The van der Waals surface area contributed by atoms with Gasteiger partial charge in [-0.25, -0.2) is 0 Å². The molecule has 0 unspecified atom stereocenters. The predicted octanol–water partition coefficient (Wildman–Crippen LogP) is 2.32. The molecular weight excluding hydrogens is 302 g/mol. The van der Waals surface area contributed by atoms with Gasteiger partial charge in [0.05, 0.1) is 0 Å². The van der Waals surface area contributed by atoms with Crippen LogP contribution in [-0.2, 0) is 9.59 Å². The number of hydrogen-bond acceptors (Lipinski definition) is 3. The summed E-state index contributed by atoms with van der Waals surface area (Å²) in [4.78, 5) is 26.0. The van der Waals surface area contributed by atoms with Crippen LogP contribution in [0.15, 0.2) is 30.3 Å². The minimum Gasteiger partial charge on any atom is -0.370 e. The summed E-state index contributed by atoms with van der Waals surface area (Å²) >= 11 is 0. The van der Waals surface area contributed by atoms with Crippen molar-refractivity contribution in [3.05, 3.63) is 30.3 Å². The molecule has 0 radical (unpaired) electrons. The van der Waals surface area contributed by atoms with E-state index in [9.17, 15) is 9.59 Å². The van der Waals surface area contributed by atoms with Crippen molar-refractivity contribution < 1.29 is 9.59 Å². The van der Waals surface area contributed by atoms with Crippen molar-refractivity contribution in [1.82, 2.24) is 10.6 Å². The second-order valence-corrected chi connectivity index (χ2v) is 6.62. The van der Waals surface area contributed by atoms with E-state index in [1.165, 1.54) is 0 Å². The van der Waals surface area contributed by atoms with Crippen molar-refractivity contribution in [2.45, 2.75) is 45.1 Å². The van der Waals surface area contributed by atoms with Crippen LogP contribution in [0.4, 0.5) is 5.69 Å². The second kappa shape index (κ2) is 9.30. The van der Waals surface area contributed by atoms with Gasteiger partial charge >= 0.3 is 0 Å². The Morgan fingerprint density at radius 2 is 1.83 bits per heavy atom. The van der Waals surface area contributed by atoms with E-state index in [2.05, 4.69) is 34.6 Å². The van der Waals surface area contributed by atoms with Gasteiger partial charge in [-0.05, 0) is 31.9 Å². The van der Waals surface area contributed by atoms with E-state index >= 15 is 0 Å². The van der Waals surface area contributed by atoms with Crippen molar-refractivity contribution in [3.63, 3.8) is 0 Å². The Morgan fingerprint density at radius 3 is 2.50 bits per heavy atom. The molecule has 0 aliphatic heterocycles. The molecule has 1 aromatic carbocycles. The summed E-state index contributed by atoms with van der Waals surface area (Å²) in [6.45, 7) is 3.08. The van der Waals surface area contributed by atoms with Gasteiger partial charge in [-0.3, -0.25) is 9.59 Å². The zero-order valence-corrected chi connectivity index (χ0v) is 14.8. The van der Waals surface area contributed by atoms with Gasteiger partial charge in [0.15, 0.2) is 0 Å². The zero-order chi connectivity index (χ0) is 17.4. The topological polar surface area (TPSA) is 61.4 Å². The number of para-hydroxylation sites is 1. The smallest absolute Gasteiger partial charge is 0.223 e. The molecule has 5 heteroatoms. The van der Waals surface area contributed by atoms with Crippen molar-refractivity contribution in [3.8, 4) is 0 Å². The maximum Gasteiger partial charge on any atom is 0.223 e. The van der Waals surface area contributed by atoms with Gasteiger partial charge in [-0.2, -0.15) is 0 Å². The molecule has 24 heavy (non-hydrogen) atoms. The minimum absolute atomic E-state index is 0.0185. The van der Waals surface area contributed by atoms with Crippen molar-refractivity contribution in [1.29, 1.82) is 0 Å². The minimum atomic E-state index is -0.0185. The Bertz CT molecular complexity index is 527. The molecule has 0 heterocycles. The first kappa shape index (κ1) is 18.3. The average molecular weight is 331 g/mol. The monoisotopic (exact) mass is 331 g/mol. The van der Waals surface area contributed by atoms with Gasteiger partial charge in [0.2, 0.25) is 11.8 Å². The van der Waals surface area contributed by atoms with E-state index in [1.807, 2.05) is 25.2 Å². The summed E-state index contributed by atoms with van der Waals surface area (Å²) in [5.74, 6) is 0.250. The Balaban J connectivity index is 1.62. The van der Waals surface area contributed by atoms with Crippen LogP contribution in [0.25, 0.3) is 0 Å². The number of likely N-dealkylation sites (N-methyl/N-ethyl adjacent to an activating group) is 1. The Morgan fingerprint density at radius 1 is 1.17 bits per heavy atom. The number of anilines is 1. The van der Waals surface area contributed by atoms with Crippen LogP contribution >= 0.6 is 0 Å². The first-order chi connectivity index (χ1) is 11.6. The lowest BCUT2D eigenvalue weighted by atomic mass is 10.1. The fourth-order valence-electron chi connectivity index (χ4n) is 3.04. The summed E-state index contributed by atoms with van der Waals surface area (Å²) < 4.78 is 0. The van der Waals surface area contributed by atoms with Crippen molar-refractivity contribution in [2.24, 2.45) is 5.92 Å².